The van der Waals surface area contributed by atoms with Crippen LogP contribution in [-0.4, -0.2) is 204 Å². The van der Waals surface area contributed by atoms with Crippen LogP contribution in [0.1, 0.15) is 13.8 Å². The Morgan fingerprint density at radius 1 is 0.725 bits per heavy atom. The van der Waals surface area contributed by atoms with Crippen LogP contribution in [0, 0.1) is 5.92 Å². The number of halogens is 1. The summed E-state index contributed by atoms with van der Waals surface area (Å²) in [6.45, 7) is 3.93. The first-order chi connectivity index (χ1) is 24.8. The van der Waals surface area contributed by atoms with Gasteiger partial charge in [-0.1, -0.05) is 17.2 Å². The quantitative estimate of drug-likeness (QED) is 0.0986. The first-order valence-electron chi connectivity index (χ1n) is 16.0. The topological polar surface area (TPSA) is 206 Å². The van der Waals surface area contributed by atoms with E-state index in [1.807, 2.05) is 62.6 Å². The van der Waals surface area contributed by atoms with Crippen LogP contribution in [0.2, 0.25) is 0 Å². The maximum atomic E-state index is 13.0. The van der Waals surface area contributed by atoms with Gasteiger partial charge in [-0.3, -0.25) is 0 Å². The first-order valence-corrected chi connectivity index (χ1v) is 16.0. The van der Waals surface area contributed by atoms with Gasteiger partial charge in [0.1, 0.15) is 31.8 Å². The van der Waals surface area contributed by atoms with Crippen LogP contribution in [0.3, 0.4) is 0 Å². The molecule has 2 unspecified atom stereocenters. The molecule has 51 heavy (non-hydrogen) atoms. The van der Waals surface area contributed by atoms with Crippen molar-refractivity contribution in [3.63, 3.8) is 0 Å². The van der Waals surface area contributed by atoms with Crippen molar-refractivity contribution in [3.8, 4) is 0 Å². The fraction of sp³-hybridized carbons (Fsp3) is 1.00. The van der Waals surface area contributed by atoms with Gasteiger partial charge in [0.2, 0.25) is 0 Å². The fourth-order valence-electron chi connectivity index (χ4n) is 7.09. The number of nitrogens with zero attached hydrogens (tertiary/aromatic N) is 18. The van der Waals surface area contributed by atoms with E-state index >= 15 is 0 Å². The molecule has 34 heteroatoms. The van der Waals surface area contributed by atoms with Gasteiger partial charge < -0.3 is 28.8 Å². The van der Waals surface area contributed by atoms with E-state index in [-0.39, 0.29) is 44.2 Å². The van der Waals surface area contributed by atoms with Crippen LogP contribution in [0.4, 0.5) is 4.53 Å². The molecule has 0 bridgehead atoms. The molecule has 10 saturated heterocycles. The van der Waals surface area contributed by atoms with Crippen molar-refractivity contribution < 1.29 is 38.3 Å². The molecule has 0 aromatic heterocycles. The Morgan fingerprint density at radius 2 is 1.29 bits per heavy atom. The van der Waals surface area contributed by atoms with Crippen molar-refractivity contribution in [2.75, 3.05) is 47.9 Å². The van der Waals surface area contributed by atoms with E-state index in [9.17, 15) is 9.63 Å². The van der Waals surface area contributed by atoms with Crippen molar-refractivity contribution in [2.24, 2.45) is 5.92 Å². The molecule has 10 fully saturated rings. The zero-order valence-corrected chi connectivity index (χ0v) is 27.9. The molecule has 8 atom stereocenters. The molecule has 0 spiro atoms. The van der Waals surface area contributed by atoms with Gasteiger partial charge in [0.05, 0.1) is 32.6 Å². The number of hydrazine groups is 31. The molecule has 31 nitrogen and oxygen atoms in total. The fourth-order valence-corrected chi connectivity index (χ4v) is 7.09. The van der Waals surface area contributed by atoms with E-state index in [4.69, 9.17) is 31.4 Å². The Balaban J connectivity index is 0.817. The number of aliphatic hydroxyl groups excluding tert-OH is 1. The molecule has 0 aromatic rings. The van der Waals surface area contributed by atoms with Crippen molar-refractivity contribution in [1.29, 1.82) is 0 Å². The number of methoxy groups -OCH3 is 1. The molecule has 10 aliphatic rings. The van der Waals surface area contributed by atoms with Gasteiger partial charge in [-0.25, -0.2) is 0 Å². The summed E-state index contributed by atoms with van der Waals surface area (Å²) in [6, 6.07) is -0.302. The zero-order chi connectivity index (χ0) is 35.0. The van der Waals surface area contributed by atoms with Crippen molar-refractivity contribution >= 4 is 14.9 Å². The largest absolute Gasteiger partial charge is 0.387 e. The highest BCUT2D eigenvalue weighted by Gasteiger charge is 2.85. The Kier molecular flexibility index (Phi) is 8.53. The standard InChI is InChI=1S/C17H38B2FN24O7/c1-10-15(13(6-46-5)50-17(10)19-18)48-9-30-29(8-47-7-12-14(45)16(51-20)11(2)49-12)37-33-25-26-34-32(24-22-21-23-31(33)38(30)37)39-40(34)44-42-36-28(4)27(3)35(36)41(42)43(39)44/h10-17,21-26,45H,6-9H2,1-5H3/t10?,11-,12+,13+,14-,15+,16?,17+/m0/s1. The lowest BCUT2D eigenvalue weighted by Gasteiger charge is -2.87. The molecule has 0 saturated carbocycles. The summed E-state index contributed by atoms with van der Waals surface area (Å²) in [5, 5.41) is 42.2. The van der Waals surface area contributed by atoms with E-state index in [1.54, 1.807) is 66.1 Å². The van der Waals surface area contributed by atoms with E-state index in [0.717, 1.165) is 0 Å². The van der Waals surface area contributed by atoms with Crippen LogP contribution in [0.25, 0.3) is 0 Å². The third kappa shape index (κ3) is 4.58. The second kappa shape index (κ2) is 12.7. The maximum absolute atomic E-state index is 13.0. The number of rotatable bonds is 11. The van der Waals surface area contributed by atoms with Gasteiger partial charge in [-0.05, 0) is 84.6 Å². The summed E-state index contributed by atoms with van der Waals surface area (Å²) in [5.41, 5.74) is 18.0. The zero-order valence-electron chi connectivity index (χ0n) is 27.9. The Hall–Kier alpha value is -1.18. The van der Waals surface area contributed by atoms with Crippen LogP contribution in [0.15, 0.2) is 0 Å². The molecule has 10 aliphatic heterocycles. The van der Waals surface area contributed by atoms with Crippen molar-refractivity contribution in [2.45, 2.75) is 56.5 Å². The molecule has 10 heterocycles. The SMILES string of the molecule is [B][B][C@@H]1O[C@H](COC)[C@H](OCN2N(COC[C@H]3O[C@@H](C)C(OF)[C@H]3O)N3N4NNN5N(NNNNN4N23)N2N5N3N4N5N(C)N(C)N5N4N23)C1C. The smallest absolute Gasteiger partial charge is 0.152 e. The lowest BCUT2D eigenvalue weighted by atomic mass is 9.49. The van der Waals surface area contributed by atoms with Crippen LogP contribution in [0.5, 0.6) is 0 Å². The predicted molar refractivity (Wildman–Crippen MR) is 152 cm³/mol. The third-order valence-electron chi connectivity index (χ3n) is 9.84. The lowest BCUT2D eigenvalue weighted by Crippen LogP contribution is -3.18. The number of fused-ring (bicyclic) bond motifs is 17. The minimum Gasteiger partial charge on any atom is -0.387 e. The van der Waals surface area contributed by atoms with E-state index in [2.05, 4.69) is 38.2 Å². The summed E-state index contributed by atoms with van der Waals surface area (Å²) in [6.07, 6.45) is -4.44. The van der Waals surface area contributed by atoms with Gasteiger partial charge in [0.25, 0.3) is 0 Å². The Bertz CT molecular complexity index is 1340. The van der Waals surface area contributed by atoms with Gasteiger partial charge in [0, 0.05) is 40.9 Å². The number of nitrogens with one attached hydrogen (secondary N) is 6. The first kappa shape index (κ1) is 34.3. The van der Waals surface area contributed by atoms with E-state index in [1.165, 1.54) is 7.17 Å². The van der Waals surface area contributed by atoms with Crippen molar-refractivity contribution in [3.05, 3.63) is 0 Å². The second-order valence-corrected chi connectivity index (χ2v) is 12.6. The number of aliphatic hydroxyl groups is 1. The Labute approximate surface area is 290 Å². The highest BCUT2D eigenvalue weighted by molar-refractivity contribution is 6.90. The number of hydrogen-bond acceptors (Lipinski definition) is 31. The maximum Gasteiger partial charge on any atom is 0.152 e. The minimum atomic E-state index is -1.20. The van der Waals surface area contributed by atoms with Crippen LogP contribution in [-0.2, 0) is 28.6 Å². The summed E-state index contributed by atoms with van der Waals surface area (Å²) >= 11 is 0. The average molecular weight is 731 g/mol. The summed E-state index contributed by atoms with van der Waals surface area (Å²) in [4.78, 5) is 3.91. The molecular formula is C17H38B2FN24O7. The van der Waals surface area contributed by atoms with Crippen LogP contribution >= 0.6 is 0 Å². The molecule has 0 amide bonds. The van der Waals surface area contributed by atoms with E-state index < -0.39 is 24.4 Å². The summed E-state index contributed by atoms with van der Waals surface area (Å²) in [7, 11) is 12.8. The summed E-state index contributed by atoms with van der Waals surface area (Å²) in [5.74, 6) is -0.0506. The Morgan fingerprint density at radius 3 is 1.88 bits per heavy atom. The molecule has 0 aromatic carbocycles. The molecule has 10 rings (SSSR count). The predicted octanol–water partition coefficient (Wildman–Crippen LogP) is -8.78. The molecule has 281 valence electrons. The normalized spacial score (nSPS) is 42.3. The second-order valence-electron chi connectivity index (χ2n) is 12.6. The highest BCUT2D eigenvalue weighted by atomic mass is 19.3. The van der Waals surface area contributed by atoms with Gasteiger partial charge >= 0.3 is 0 Å². The minimum absolute atomic E-state index is 0.0315. The van der Waals surface area contributed by atoms with Crippen molar-refractivity contribution in [1.82, 2.24) is 127 Å². The van der Waals surface area contributed by atoms with Crippen LogP contribution < -0.4 is 33.2 Å². The van der Waals surface area contributed by atoms with Gasteiger partial charge in [0.15, 0.2) is 6.10 Å². The third-order valence-corrected chi connectivity index (χ3v) is 9.84. The average Bonchev–Trinajstić information content (AvgIpc) is 3.55. The van der Waals surface area contributed by atoms with Gasteiger partial charge in [-0.2, -0.15) is 16.0 Å². The monoisotopic (exact) mass is 731 g/mol. The summed E-state index contributed by atoms with van der Waals surface area (Å²) < 4.78 is 42.5. The molecular weight excluding hydrogens is 693 g/mol. The number of ether oxygens (including phenoxy) is 5. The molecule has 7 N–H and O–H groups in total. The lowest BCUT2D eigenvalue weighted by molar-refractivity contribution is -1.00. The van der Waals surface area contributed by atoms with E-state index in [0.29, 0.717) is 6.61 Å². The highest BCUT2D eigenvalue weighted by Crippen LogP contribution is 2.54. The molecule has 0 aliphatic carbocycles. The molecule has 3 radical (unpaired) electrons. The number of hydrogen-bond donors (Lipinski definition) is 7. The van der Waals surface area contributed by atoms with Gasteiger partial charge in [-0.15, -0.1) is 32.4 Å².